The van der Waals surface area contributed by atoms with Gasteiger partial charge in [-0.15, -0.1) is 0 Å². The molecule has 0 heterocycles. The number of phosphoric ester groups is 1. The van der Waals surface area contributed by atoms with E-state index in [9.17, 15) is 14.3 Å². The lowest BCUT2D eigenvalue weighted by atomic mass is 10.0. The molecule has 34 heavy (non-hydrogen) atoms. The second-order valence-corrected chi connectivity index (χ2v) is 10.8. The zero-order chi connectivity index (χ0) is 25.5. The first-order valence-corrected chi connectivity index (χ1v) is 14.8. The van der Waals surface area contributed by atoms with Crippen LogP contribution in [0.25, 0.3) is 0 Å². The molecule has 0 amide bonds. The van der Waals surface area contributed by atoms with Crippen LogP contribution in [0.2, 0.25) is 0 Å². The van der Waals surface area contributed by atoms with E-state index in [1.807, 2.05) is 19.0 Å². The Bertz CT molecular complexity index is 519. The highest BCUT2D eigenvalue weighted by Crippen LogP contribution is 2.43. The van der Waals surface area contributed by atoms with Crippen LogP contribution in [0.3, 0.4) is 0 Å². The van der Waals surface area contributed by atoms with Gasteiger partial charge in [-0.2, -0.15) is 0 Å². The molecule has 0 aromatic heterocycles. The van der Waals surface area contributed by atoms with Crippen molar-refractivity contribution in [3.63, 3.8) is 0 Å². The minimum Gasteiger partial charge on any atom is -0.458 e. The van der Waals surface area contributed by atoms with Gasteiger partial charge in [-0.1, -0.05) is 90.4 Å². The van der Waals surface area contributed by atoms with Gasteiger partial charge in [0.2, 0.25) is 0 Å². The first-order chi connectivity index (χ1) is 16.3. The molecular formula is C25H52NO7P. The molecule has 0 aromatic rings. The van der Waals surface area contributed by atoms with Crippen LogP contribution in [0, 0.1) is 0 Å². The maximum absolute atomic E-state index is 11.9. The first kappa shape index (κ1) is 33.5. The molecule has 2 atom stereocenters. The number of ether oxygens (including phenoxy) is 2. The van der Waals surface area contributed by atoms with Gasteiger partial charge in [0.1, 0.15) is 6.10 Å². The normalized spacial score (nSPS) is 14.3. The van der Waals surface area contributed by atoms with Gasteiger partial charge in [-0.05, 0) is 20.5 Å². The van der Waals surface area contributed by atoms with E-state index in [1.165, 1.54) is 84.0 Å². The fourth-order valence-corrected chi connectivity index (χ4v) is 4.26. The molecule has 0 spiro atoms. The molecule has 0 bridgehead atoms. The number of phosphoric acid groups is 1. The Morgan fingerprint density at radius 2 is 1.29 bits per heavy atom. The molecular weight excluding hydrogens is 457 g/mol. The third kappa shape index (κ3) is 24.6. The smallest absolute Gasteiger partial charge is 0.458 e. The fraction of sp³-hybridized carbons (Fsp3) is 0.960. The Kier molecular flexibility index (Phi) is 22.6. The van der Waals surface area contributed by atoms with Crippen LogP contribution < -0.4 is 0 Å². The topological polar surface area (TPSA) is 94.5 Å². The summed E-state index contributed by atoms with van der Waals surface area (Å²) in [5, 5.41) is 0. The highest BCUT2D eigenvalue weighted by atomic mass is 31.2. The highest BCUT2D eigenvalue weighted by molar-refractivity contribution is 7.47. The average Bonchev–Trinajstić information content (AvgIpc) is 2.76. The standard InChI is InChI=1S/C25H52NO7P/c1-5-6-7-8-9-10-11-12-13-14-15-16-17-18-20-30-22-25(33-24(2)27)23-32-34(28,29)31-21-19-26(3)4/h25H,5-23H2,1-4H3,(H,28,29). The lowest BCUT2D eigenvalue weighted by Crippen LogP contribution is -2.27. The van der Waals surface area contributed by atoms with Gasteiger partial charge in [0.15, 0.2) is 0 Å². The van der Waals surface area contributed by atoms with Crippen molar-refractivity contribution in [2.45, 2.75) is 110 Å². The molecule has 0 saturated heterocycles. The lowest BCUT2D eigenvalue weighted by molar-refractivity contribution is -0.151. The van der Waals surface area contributed by atoms with E-state index >= 15 is 0 Å². The molecule has 204 valence electrons. The van der Waals surface area contributed by atoms with Crippen molar-refractivity contribution in [1.82, 2.24) is 4.90 Å². The molecule has 0 aliphatic rings. The van der Waals surface area contributed by atoms with Crippen molar-refractivity contribution in [3.8, 4) is 0 Å². The summed E-state index contributed by atoms with van der Waals surface area (Å²) in [4.78, 5) is 22.9. The summed E-state index contributed by atoms with van der Waals surface area (Å²) >= 11 is 0. The van der Waals surface area contributed by atoms with Gasteiger partial charge in [-0.3, -0.25) is 13.8 Å². The number of unbranched alkanes of at least 4 members (excludes halogenated alkanes) is 13. The van der Waals surface area contributed by atoms with Crippen LogP contribution in [0.15, 0.2) is 0 Å². The predicted molar refractivity (Wildman–Crippen MR) is 137 cm³/mol. The van der Waals surface area contributed by atoms with Crippen molar-refractivity contribution < 1.29 is 32.8 Å². The largest absolute Gasteiger partial charge is 0.472 e. The maximum atomic E-state index is 11.9. The number of hydrogen-bond donors (Lipinski definition) is 1. The van der Waals surface area contributed by atoms with E-state index in [2.05, 4.69) is 6.92 Å². The lowest BCUT2D eigenvalue weighted by Gasteiger charge is -2.19. The number of carbonyl (C=O) groups excluding carboxylic acids is 1. The van der Waals surface area contributed by atoms with Gasteiger partial charge in [0, 0.05) is 20.1 Å². The van der Waals surface area contributed by atoms with Gasteiger partial charge < -0.3 is 19.3 Å². The number of carbonyl (C=O) groups is 1. The van der Waals surface area contributed by atoms with Gasteiger partial charge in [0.25, 0.3) is 0 Å². The van der Waals surface area contributed by atoms with Crippen LogP contribution in [0.1, 0.15) is 104 Å². The molecule has 0 aromatic carbocycles. The third-order valence-corrected chi connectivity index (χ3v) is 6.48. The number of likely N-dealkylation sites (N-methyl/N-ethyl adjacent to an activating group) is 1. The van der Waals surface area contributed by atoms with E-state index in [4.69, 9.17) is 18.5 Å². The minimum atomic E-state index is -4.20. The predicted octanol–water partition coefficient (Wildman–Crippen LogP) is 6.11. The van der Waals surface area contributed by atoms with Crippen LogP contribution in [-0.4, -0.2) is 68.9 Å². The summed E-state index contributed by atoms with van der Waals surface area (Å²) in [5.41, 5.74) is 0. The van der Waals surface area contributed by atoms with Crippen molar-refractivity contribution in [2.75, 3.05) is 47.1 Å². The third-order valence-electron chi connectivity index (χ3n) is 5.50. The molecule has 0 fully saturated rings. The van der Waals surface area contributed by atoms with Crippen LogP contribution in [0.4, 0.5) is 0 Å². The Morgan fingerprint density at radius 3 is 1.76 bits per heavy atom. The molecule has 0 saturated carbocycles. The highest BCUT2D eigenvalue weighted by Gasteiger charge is 2.24. The van der Waals surface area contributed by atoms with Crippen molar-refractivity contribution in [1.29, 1.82) is 0 Å². The van der Waals surface area contributed by atoms with Crippen LogP contribution >= 0.6 is 7.82 Å². The Labute approximate surface area is 208 Å². The molecule has 2 unspecified atom stereocenters. The summed E-state index contributed by atoms with van der Waals surface area (Å²) in [5.74, 6) is -0.491. The second-order valence-electron chi connectivity index (χ2n) is 9.30. The summed E-state index contributed by atoms with van der Waals surface area (Å²) in [7, 11) is -0.532. The van der Waals surface area contributed by atoms with Crippen LogP contribution in [0.5, 0.6) is 0 Å². The Hall–Kier alpha value is -0.500. The molecule has 0 aliphatic carbocycles. The molecule has 9 heteroatoms. The second kappa shape index (κ2) is 22.9. The van der Waals surface area contributed by atoms with E-state index < -0.39 is 19.9 Å². The number of hydrogen-bond acceptors (Lipinski definition) is 7. The summed E-state index contributed by atoms with van der Waals surface area (Å²) < 4.78 is 32.5. The monoisotopic (exact) mass is 509 g/mol. The van der Waals surface area contributed by atoms with Crippen LogP contribution in [-0.2, 0) is 27.9 Å². The number of rotatable bonds is 25. The zero-order valence-corrected chi connectivity index (χ0v) is 23.2. The molecule has 0 rings (SSSR count). The molecule has 0 aliphatic heterocycles. The SMILES string of the molecule is CCCCCCCCCCCCCCCCOCC(COP(=O)(O)OCCN(C)C)OC(C)=O. The minimum absolute atomic E-state index is 0.0641. The maximum Gasteiger partial charge on any atom is 0.472 e. The van der Waals surface area contributed by atoms with E-state index in [-0.39, 0.29) is 19.8 Å². The van der Waals surface area contributed by atoms with E-state index in [1.54, 1.807) is 0 Å². The van der Waals surface area contributed by atoms with Crippen molar-refractivity contribution in [2.24, 2.45) is 0 Å². The van der Waals surface area contributed by atoms with E-state index in [0.717, 1.165) is 12.8 Å². The Morgan fingerprint density at radius 1 is 0.794 bits per heavy atom. The molecule has 0 radical (unpaired) electrons. The summed E-state index contributed by atoms with van der Waals surface area (Å²) in [6.07, 6.45) is 17.4. The number of nitrogens with zero attached hydrogens (tertiary/aromatic N) is 1. The quantitative estimate of drug-likeness (QED) is 0.0895. The van der Waals surface area contributed by atoms with Gasteiger partial charge in [0.05, 0.1) is 19.8 Å². The van der Waals surface area contributed by atoms with Gasteiger partial charge in [-0.25, -0.2) is 4.57 Å². The fourth-order valence-electron chi connectivity index (χ4n) is 3.52. The molecule has 8 nitrogen and oxygen atoms in total. The summed E-state index contributed by atoms with van der Waals surface area (Å²) in [6.45, 7) is 4.52. The molecule has 1 N–H and O–H groups in total. The average molecular weight is 510 g/mol. The zero-order valence-electron chi connectivity index (χ0n) is 22.3. The van der Waals surface area contributed by atoms with Crippen molar-refractivity contribution >= 4 is 13.8 Å². The first-order valence-electron chi connectivity index (χ1n) is 13.3. The van der Waals surface area contributed by atoms with Gasteiger partial charge >= 0.3 is 13.8 Å². The Balaban J connectivity index is 3.72. The van der Waals surface area contributed by atoms with E-state index in [0.29, 0.717) is 13.2 Å². The number of esters is 1. The van der Waals surface area contributed by atoms with Crippen molar-refractivity contribution in [3.05, 3.63) is 0 Å². The summed E-state index contributed by atoms with van der Waals surface area (Å²) in [6, 6.07) is 0.